The van der Waals surface area contributed by atoms with Crippen molar-refractivity contribution in [3.63, 3.8) is 0 Å². The van der Waals surface area contributed by atoms with Crippen LogP contribution in [0.2, 0.25) is 0 Å². The number of nitrogens with two attached hydrogens (primary N) is 1. The number of carbonyl (C=O) groups excluding carboxylic acids is 1. The van der Waals surface area contributed by atoms with E-state index >= 15 is 0 Å². The Morgan fingerprint density at radius 2 is 1.65 bits per heavy atom. The quantitative estimate of drug-likeness (QED) is 0.153. The summed E-state index contributed by atoms with van der Waals surface area (Å²) in [7, 11) is -4.82. The molecule has 0 rings (SSSR count). The monoisotopic (exact) mass is 352 g/mol. The number of carbonyl (C=O) groups is 2. The summed E-state index contributed by atoms with van der Waals surface area (Å²) in [5, 5.41) is 6.19. The molecule has 14 heteroatoms. The van der Waals surface area contributed by atoms with Crippen molar-refractivity contribution in [2.45, 2.75) is 11.7 Å². The van der Waals surface area contributed by atoms with Gasteiger partial charge in [0, 0.05) is 13.1 Å². The van der Waals surface area contributed by atoms with Gasteiger partial charge in [0.15, 0.2) is 5.25 Å². The molecule has 0 aliphatic carbocycles. The predicted molar refractivity (Wildman–Crippen MR) is 79.3 cm³/mol. The van der Waals surface area contributed by atoms with Crippen LogP contribution in [0.4, 0.5) is 0 Å². The molecule has 0 radical (unpaired) electrons. The molecule has 0 aliphatic heterocycles. The molecule has 1 unspecified atom stereocenters. The van der Waals surface area contributed by atoms with Gasteiger partial charge >= 0.3 is 130 Å². The molecule has 0 amide bonds. The second-order valence-electron chi connectivity index (χ2n) is 2.71. The molecule has 0 aromatic rings. The first-order valence-electron chi connectivity index (χ1n) is 4.10. The van der Waals surface area contributed by atoms with Crippen molar-refractivity contribution in [1.82, 2.24) is 5.48 Å². The molecule has 0 bridgehead atoms. The molecule has 0 saturated heterocycles. The minimum atomic E-state index is -4.82. The Bertz CT molecular complexity index is 366. The Balaban J connectivity index is -0.000000187. The van der Waals surface area contributed by atoms with Gasteiger partial charge in [0.1, 0.15) is 0 Å². The second-order valence-corrected chi connectivity index (χ2v) is 4.30. The van der Waals surface area contributed by atoms with Crippen LogP contribution in [0.1, 0.15) is 6.42 Å². The van der Waals surface area contributed by atoms with Gasteiger partial charge in [-0.1, -0.05) is 0 Å². The molecule has 0 saturated carbocycles. The number of carboxylic acids is 1. The van der Waals surface area contributed by atoms with Crippen LogP contribution < -0.4 is 11.2 Å². The van der Waals surface area contributed by atoms with Crippen LogP contribution in [0.15, 0.2) is 0 Å². The number of hydrogen-bond acceptors (Lipinski definition) is 7. The molecule has 0 spiro atoms. The molecule has 9 nitrogen and oxygen atoms in total. The van der Waals surface area contributed by atoms with E-state index in [1.807, 2.05) is 5.48 Å². The van der Waals surface area contributed by atoms with Crippen molar-refractivity contribution in [1.29, 1.82) is 0 Å². The van der Waals surface area contributed by atoms with Crippen LogP contribution in [-0.2, 0) is 24.5 Å². The summed E-state index contributed by atoms with van der Waals surface area (Å²) in [5.74, 6) is -2.96. The van der Waals surface area contributed by atoms with Crippen molar-refractivity contribution in [3.8, 4) is 0 Å². The third-order valence-electron chi connectivity index (χ3n) is 1.40. The van der Waals surface area contributed by atoms with Crippen LogP contribution in [0.3, 0.4) is 0 Å². The van der Waals surface area contributed by atoms with Gasteiger partial charge in [-0.2, -0.15) is 13.9 Å². The molecule has 0 fully saturated rings. The molecule has 5 N–H and O–H groups in total. The summed E-state index contributed by atoms with van der Waals surface area (Å²) < 4.78 is 30.0. The van der Waals surface area contributed by atoms with E-state index in [-0.39, 0.29) is 131 Å². The van der Waals surface area contributed by atoms with Crippen molar-refractivity contribution in [2.75, 3.05) is 13.1 Å². The first kappa shape index (κ1) is 34.2. The van der Waals surface area contributed by atoms with Crippen LogP contribution >= 0.6 is 0 Å². The number of aliphatic carboxylic acids is 1. The molecular formula is C6H16N2Na4O7S. The van der Waals surface area contributed by atoms with Gasteiger partial charge in [0.05, 0.1) is 6.42 Å². The second kappa shape index (κ2) is 18.1. The van der Waals surface area contributed by atoms with Crippen LogP contribution in [0.25, 0.3) is 0 Å². The topological polar surface area (TPSA) is 156 Å². The summed E-state index contributed by atoms with van der Waals surface area (Å²) in [6.07, 6.45) is -1.08. The maximum absolute atomic E-state index is 11.1. The number of nitrogens with one attached hydrogen (secondary N) is 1. The van der Waals surface area contributed by atoms with E-state index in [0.717, 1.165) is 0 Å². The molecule has 20 heavy (non-hydrogen) atoms. The molecule has 102 valence electrons. The number of rotatable bonds is 7. The molecule has 0 aromatic heterocycles. The third kappa shape index (κ3) is 17.1. The summed E-state index contributed by atoms with van der Waals surface area (Å²) >= 11 is 0. The zero-order valence-corrected chi connectivity index (χ0v) is 8.94. The summed E-state index contributed by atoms with van der Waals surface area (Å²) in [4.78, 5) is 25.5. The fourth-order valence-electron chi connectivity index (χ4n) is 0.716. The third-order valence-corrected chi connectivity index (χ3v) is 2.48. The van der Waals surface area contributed by atoms with Crippen LogP contribution in [0.5, 0.6) is 0 Å². The Morgan fingerprint density at radius 3 is 1.95 bits per heavy atom. The van der Waals surface area contributed by atoms with E-state index in [0.29, 0.717) is 0 Å². The Morgan fingerprint density at radius 1 is 1.20 bits per heavy atom. The zero-order chi connectivity index (χ0) is 12.8. The first-order chi connectivity index (χ1) is 7.29. The van der Waals surface area contributed by atoms with Gasteiger partial charge in [-0.05, 0) is 0 Å². The average Bonchev–Trinajstić information content (AvgIpc) is 2.12. The normalized spacial score (nSPS) is 10.5. The fraction of sp³-hybridized carbons (Fsp3) is 0.667. The predicted octanol–water partition coefficient (Wildman–Crippen LogP) is -4.87. The standard InChI is InChI=1S/C6H12N2O7S.4Na.4H/c7-1-2-8-15-6(11)4(3-5(9)10)16(12,13)14;;;;;;;;/h4,8H,1-3,7H2,(H,9,10)(H,12,13,14);;;;;;;;. The number of carboxylic acid groups (broad SMARTS) is 1. The first-order valence-corrected chi connectivity index (χ1v) is 5.61. The minimum absolute atomic E-state index is 0. The SMILES string of the molecule is NCCNOC(=O)C(CC(=O)O)S(=O)(=O)O.[NaH].[NaH].[NaH].[NaH]. The number of hydrogen-bond donors (Lipinski definition) is 4. The molecule has 1 atom stereocenters. The summed E-state index contributed by atoms with van der Waals surface area (Å²) in [6, 6.07) is 0. The fourth-order valence-corrected chi connectivity index (χ4v) is 1.36. The van der Waals surface area contributed by atoms with Crippen molar-refractivity contribution >= 4 is 140 Å². The van der Waals surface area contributed by atoms with Gasteiger partial charge in [0.2, 0.25) is 0 Å². The van der Waals surface area contributed by atoms with E-state index < -0.39 is 33.7 Å². The van der Waals surface area contributed by atoms with Gasteiger partial charge in [-0.3, -0.25) is 9.35 Å². The van der Waals surface area contributed by atoms with E-state index in [1.54, 1.807) is 0 Å². The summed E-state index contributed by atoms with van der Waals surface area (Å²) in [5.41, 5.74) is 7.06. The zero-order valence-electron chi connectivity index (χ0n) is 8.12. The summed E-state index contributed by atoms with van der Waals surface area (Å²) in [6.45, 7) is 0.194. The number of hydroxylamine groups is 1. The Labute approximate surface area is 205 Å². The molecule has 0 aliphatic rings. The van der Waals surface area contributed by atoms with E-state index in [1.165, 1.54) is 0 Å². The van der Waals surface area contributed by atoms with Gasteiger partial charge < -0.3 is 15.7 Å². The van der Waals surface area contributed by atoms with Crippen LogP contribution in [-0.4, -0.2) is 167 Å². The molecule has 0 heterocycles. The maximum atomic E-state index is 11.1. The van der Waals surface area contributed by atoms with E-state index in [9.17, 15) is 18.0 Å². The van der Waals surface area contributed by atoms with Crippen molar-refractivity contribution in [2.24, 2.45) is 5.73 Å². The Kier molecular flexibility index (Phi) is 31.0. The molecular weight excluding hydrogens is 336 g/mol. The van der Waals surface area contributed by atoms with Gasteiger partial charge in [-0.25, -0.2) is 4.79 Å². The van der Waals surface area contributed by atoms with Gasteiger partial charge in [0.25, 0.3) is 10.1 Å². The van der Waals surface area contributed by atoms with E-state index in [4.69, 9.17) is 15.4 Å². The van der Waals surface area contributed by atoms with Crippen molar-refractivity contribution < 1.29 is 32.5 Å². The van der Waals surface area contributed by atoms with Crippen molar-refractivity contribution in [3.05, 3.63) is 0 Å². The van der Waals surface area contributed by atoms with Gasteiger partial charge in [-0.15, -0.1) is 0 Å². The van der Waals surface area contributed by atoms with Crippen LogP contribution in [0, 0.1) is 0 Å². The molecule has 0 aromatic carbocycles. The van der Waals surface area contributed by atoms with E-state index in [2.05, 4.69) is 4.84 Å². The Hall–Kier alpha value is 2.77. The average molecular weight is 352 g/mol.